The normalized spacial score (nSPS) is 18.3. The van der Waals surface area contributed by atoms with Crippen LogP contribution in [0.5, 0.6) is 5.75 Å². The lowest BCUT2D eigenvalue weighted by molar-refractivity contribution is -0.118. The predicted octanol–water partition coefficient (Wildman–Crippen LogP) is 8.61. The minimum Gasteiger partial charge on any atom is -0.493 e. The molecule has 0 bridgehead atoms. The third-order valence-electron chi connectivity index (χ3n) is 8.68. The minimum atomic E-state index is -0.250. The number of allylic oxidation sites excluding steroid dienone is 2. The number of hydrogen-bond donors (Lipinski definition) is 1. The molecule has 0 spiro atoms. The summed E-state index contributed by atoms with van der Waals surface area (Å²) in [6.07, 6.45) is 9.36. The molecule has 2 aromatic carbocycles. The average Bonchev–Trinajstić information content (AvgIpc) is 3.66. The van der Waals surface area contributed by atoms with Crippen LogP contribution < -0.4 is 4.74 Å². The van der Waals surface area contributed by atoms with Gasteiger partial charge in [-0.1, -0.05) is 68.2 Å². The molecule has 5 nitrogen and oxygen atoms in total. The van der Waals surface area contributed by atoms with Crippen LogP contribution in [0.2, 0.25) is 10.2 Å². The van der Waals surface area contributed by atoms with E-state index in [9.17, 15) is 4.79 Å². The first-order chi connectivity index (χ1) is 19.1. The van der Waals surface area contributed by atoms with Gasteiger partial charge in [-0.05, 0) is 99.5 Å². The molecule has 40 heavy (non-hydrogen) atoms. The van der Waals surface area contributed by atoms with Crippen LogP contribution >= 0.6 is 23.2 Å². The van der Waals surface area contributed by atoms with Gasteiger partial charge in [-0.25, -0.2) is 0 Å². The number of ketones is 1. The quantitative estimate of drug-likeness (QED) is 0.270. The Kier molecular flexibility index (Phi) is 9.81. The second-order valence-corrected chi connectivity index (χ2v) is 12.0. The summed E-state index contributed by atoms with van der Waals surface area (Å²) in [5, 5.41) is 7.97. The molecule has 5 rings (SSSR count). The monoisotopic (exact) mass is 581 g/mol. The Labute approximate surface area is 248 Å². The number of fused-ring (bicyclic) bond motifs is 1. The number of hydrogen-bond acceptors (Lipinski definition) is 4. The van der Waals surface area contributed by atoms with Crippen LogP contribution in [0.3, 0.4) is 0 Å². The molecule has 0 amide bonds. The number of aromatic amines is 1. The van der Waals surface area contributed by atoms with Crippen LogP contribution in [-0.4, -0.2) is 47.1 Å². The van der Waals surface area contributed by atoms with E-state index < -0.39 is 0 Å². The lowest BCUT2D eigenvalue weighted by atomic mass is 9.82. The van der Waals surface area contributed by atoms with Crippen LogP contribution in [0.1, 0.15) is 76.0 Å². The zero-order chi connectivity index (χ0) is 29.0. The van der Waals surface area contributed by atoms with E-state index in [-0.39, 0.29) is 17.6 Å². The van der Waals surface area contributed by atoms with Crippen LogP contribution in [-0.2, 0) is 11.2 Å². The first kappa shape index (κ1) is 30.4. The summed E-state index contributed by atoms with van der Waals surface area (Å²) < 4.78 is 5.89. The number of aromatic nitrogens is 2. The Morgan fingerprint density at radius 3 is 2.50 bits per heavy atom. The summed E-state index contributed by atoms with van der Waals surface area (Å²) in [7, 11) is 4.35. The molecule has 1 saturated carbocycles. The molecule has 2 aliphatic rings. The molecule has 1 aliphatic carbocycles. The maximum atomic E-state index is 13.6. The van der Waals surface area contributed by atoms with Crippen molar-refractivity contribution < 1.29 is 9.53 Å². The number of H-pyrrole nitrogens is 1. The van der Waals surface area contributed by atoms with Crippen molar-refractivity contribution in [3.63, 3.8) is 0 Å². The topological polar surface area (TPSA) is 58.2 Å². The van der Waals surface area contributed by atoms with Crippen molar-refractivity contribution in [2.75, 3.05) is 20.7 Å². The van der Waals surface area contributed by atoms with Gasteiger partial charge in [-0.2, -0.15) is 5.10 Å². The van der Waals surface area contributed by atoms with Crippen molar-refractivity contribution in [3.05, 3.63) is 75.5 Å². The highest BCUT2D eigenvalue weighted by Crippen LogP contribution is 2.42. The smallest absolute Gasteiger partial charge is 0.169 e. The van der Waals surface area contributed by atoms with E-state index in [0.717, 1.165) is 45.6 Å². The predicted molar refractivity (Wildman–Crippen MR) is 166 cm³/mol. The fourth-order valence-corrected chi connectivity index (χ4v) is 5.92. The van der Waals surface area contributed by atoms with Gasteiger partial charge in [-0.3, -0.25) is 9.89 Å². The van der Waals surface area contributed by atoms with Gasteiger partial charge in [0, 0.05) is 21.7 Å². The number of ether oxygens (including phenoxy) is 1. The summed E-state index contributed by atoms with van der Waals surface area (Å²) in [5.74, 6) is 0.930. The number of rotatable bonds is 8. The van der Waals surface area contributed by atoms with Crippen LogP contribution in [0.25, 0.3) is 16.7 Å². The van der Waals surface area contributed by atoms with Gasteiger partial charge in [-0.15, -0.1) is 0 Å². The third-order valence-corrected chi connectivity index (χ3v) is 9.20. The molecule has 7 heteroatoms. The second-order valence-electron chi connectivity index (χ2n) is 11.2. The van der Waals surface area contributed by atoms with E-state index in [2.05, 4.69) is 56.0 Å². The molecule has 2 atom stereocenters. The summed E-state index contributed by atoms with van der Waals surface area (Å²) in [4.78, 5) is 16.0. The maximum Gasteiger partial charge on any atom is 0.169 e. The largest absolute Gasteiger partial charge is 0.493 e. The van der Waals surface area contributed by atoms with Gasteiger partial charge in [0.05, 0.1) is 18.7 Å². The van der Waals surface area contributed by atoms with Crippen LogP contribution in [0.15, 0.2) is 48.7 Å². The number of Topliss-reactive ketones (excluding diaryl/α,β-unsaturated/α-hetero) is 1. The molecule has 2 heterocycles. The molecular weight excluding hydrogens is 541 g/mol. The molecule has 3 aromatic rings. The van der Waals surface area contributed by atoms with Gasteiger partial charge >= 0.3 is 0 Å². The number of nitrogens with one attached hydrogen (secondary N) is 1. The van der Waals surface area contributed by atoms with Crippen molar-refractivity contribution in [1.29, 1.82) is 0 Å². The van der Waals surface area contributed by atoms with Gasteiger partial charge in [0.2, 0.25) is 0 Å². The average molecular weight is 583 g/mol. The SMILES string of the molecule is C/C=C(/C(=O)C1COc2ccc(Cl)cc2C1)c1ccc(-c2cn[nH]c2Cl)cc1C(C)CC.CCC1(N(C)C)CC1. The zero-order valence-corrected chi connectivity index (χ0v) is 26.0. The fourth-order valence-electron chi connectivity index (χ4n) is 5.52. The van der Waals surface area contributed by atoms with E-state index in [0.29, 0.717) is 28.7 Å². The number of nitrogens with zero attached hydrogens (tertiary/aromatic N) is 2. The minimum absolute atomic E-state index is 0.0942. The molecule has 1 fully saturated rings. The highest BCUT2D eigenvalue weighted by Gasteiger charge is 2.42. The molecule has 1 aromatic heterocycles. The summed E-state index contributed by atoms with van der Waals surface area (Å²) >= 11 is 12.4. The Balaban J connectivity index is 0.000000398. The molecule has 0 radical (unpaired) electrons. The number of carbonyl (C=O) groups excluding carboxylic acids is 1. The fraction of sp³-hybridized carbons (Fsp3) is 0.455. The zero-order valence-electron chi connectivity index (χ0n) is 24.5. The molecule has 1 N–H and O–H groups in total. The highest BCUT2D eigenvalue weighted by atomic mass is 35.5. The Morgan fingerprint density at radius 1 is 1.20 bits per heavy atom. The molecule has 1 aliphatic heterocycles. The Morgan fingerprint density at radius 2 is 1.95 bits per heavy atom. The number of halogens is 2. The summed E-state index contributed by atoms with van der Waals surface area (Å²) in [6.45, 7) is 8.89. The van der Waals surface area contributed by atoms with Crippen molar-refractivity contribution >= 4 is 34.6 Å². The Hall–Kier alpha value is -2.60. The molecule has 0 saturated heterocycles. The van der Waals surface area contributed by atoms with Crippen LogP contribution in [0, 0.1) is 5.92 Å². The van der Waals surface area contributed by atoms with Gasteiger partial charge in [0.15, 0.2) is 5.78 Å². The summed E-state index contributed by atoms with van der Waals surface area (Å²) in [5.41, 5.74) is 6.26. The standard InChI is InChI=1S/C26H26Cl2N2O2.C7H15N/c1-4-15(3)22-12-16(23-13-29-30-26(23)28)6-8-21(22)20(5-2)25(31)18-10-17-11-19(27)7-9-24(17)32-14-18;1-4-7(5-6-7)8(2)3/h5-9,11-13,15,18H,4,10,14H2,1-3H3,(H,29,30);4-6H2,1-3H3/b20-5+;. The van der Waals surface area contributed by atoms with E-state index in [1.807, 2.05) is 43.3 Å². The van der Waals surface area contributed by atoms with Crippen molar-refractivity contribution in [1.82, 2.24) is 15.1 Å². The van der Waals surface area contributed by atoms with Crippen molar-refractivity contribution in [2.45, 2.75) is 71.3 Å². The lowest BCUT2D eigenvalue weighted by Gasteiger charge is -2.26. The first-order valence-electron chi connectivity index (χ1n) is 14.3. The van der Waals surface area contributed by atoms with E-state index in [4.69, 9.17) is 27.9 Å². The molecule has 214 valence electrons. The van der Waals surface area contributed by atoms with E-state index in [1.54, 1.807) is 6.20 Å². The van der Waals surface area contributed by atoms with Crippen molar-refractivity contribution in [2.24, 2.45) is 5.92 Å². The maximum absolute atomic E-state index is 13.6. The van der Waals surface area contributed by atoms with Crippen LogP contribution in [0.4, 0.5) is 0 Å². The van der Waals surface area contributed by atoms with Crippen molar-refractivity contribution in [3.8, 4) is 16.9 Å². The molecular formula is C33H41Cl2N3O2. The Bertz CT molecular complexity index is 1370. The van der Waals surface area contributed by atoms with Gasteiger partial charge in [0.25, 0.3) is 0 Å². The first-order valence-corrected chi connectivity index (χ1v) is 15.0. The van der Waals surface area contributed by atoms with E-state index in [1.165, 1.54) is 19.3 Å². The van der Waals surface area contributed by atoms with Gasteiger partial charge < -0.3 is 9.64 Å². The lowest BCUT2D eigenvalue weighted by Crippen LogP contribution is -2.29. The van der Waals surface area contributed by atoms with Gasteiger partial charge in [0.1, 0.15) is 10.9 Å². The summed E-state index contributed by atoms with van der Waals surface area (Å²) in [6, 6.07) is 11.7. The molecule has 2 unspecified atom stereocenters. The highest BCUT2D eigenvalue weighted by molar-refractivity contribution is 6.32. The van der Waals surface area contributed by atoms with E-state index >= 15 is 0 Å². The number of benzene rings is 2. The number of carbonyl (C=O) groups is 1. The second kappa shape index (κ2) is 12.9. The third kappa shape index (κ3) is 6.48.